The van der Waals surface area contributed by atoms with Gasteiger partial charge in [0.15, 0.2) is 0 Å². The van der Waals surface area contributed by atoms with E-state index in [1.54, 1.807) is 5.56 Å². The Kier molecular flexibility index (Phi) is 5.24. The van der Waals surface area contributed by atoms with Crippen LogP contribution >= 0.6 is 0 Å². The molecule has 1 aliphatic carbocycles. The van der Waals surface area contributed by atoms with Gasteiger partial charge >= 0.3 is 0 Å². The van der Waals surface area contributed by atoms with E-state index < -0.39 is 0 Å². The van der Waals surface area contributed by atoms with Crippen LogP contribution in [0.25, 0.3) is 21.9 Å². The molecule has 0 heterocycles. The molecular formula is C30H28. The van der Waals surface area contributed by atoms with Gasteiger partial charge < -0.3 is 0 Å². The molecule has 0 amide bonds. The first-order valence-corrected chi connectivity index (χ1v) is 11.2. The molecule has 0 fully saturated rings. The summed E-state index contributed by atoms with van der Waals surface area (Å²) >= 11 is 0. The maximum atomic E-state index is 2.46. The summed E-state index contributed by atoms with van der Waals surface area (Å²) in [5, 5.41) is 2.70. The highest BCUT2D eigenvalue weighted by atomic mass is 14.3. The number of unbranched alkanes of at least 4 members (excludes halogenated alkanes) is 1. The van der Waals surface area contributed by atoms with Gasteiger partial charge in [0.25, 0.3) is 0 Å². The van der Waals surface area contributed by atoms with Crippen LogP contribution < -0.4 is 0 Å². The minimum absolute atomic E-state index is 0.613. The van der Waals surface area contributed by atoms with Gasteiger partial charge in [0, 0.05) is 0 Å². The van der Waals surface area contributed by atoms with Crippen LogP contribution in [-0.4, -0.2) is 0 Å². The van der Waals surface area contributed by atoms with Gasteiger partial charge in [-0.1, -0.05) is 111 Å². The largest absolute Gasteiger partial charge is 0.0654 e. The molecule has 0 saturated heterocycles. The summed E-state index contributed by atoms with van der Waals surface area (Å²) in [7, 11) is 0. The highest BCUT2D eigenvalue weighted by Crippen LogP contribution is 2.49. The van der Waals surface area contributed by atoms with Gasteiger partial charge in [-0.2, -0.15) is 0 Å². The van der Waals surface area contributed by atoms with Crippen LogP contribution in [0.15, 0.2) is 97.1 Å². The quantitative estimate of drug-likeness (QED) is 0.321. The third kappa shape index (κ3) is 3.48. The Morgan fingerprint density at radius 1 is 0.733 bits per heavy atom. The SMILES string of the molecule is CCCC[C@@H]1CC(=C(c2ccccc2)c2ccccc2)c2cc3ccccc3cc21. The van der Waals surface area contributed by atoms with Gasteiger partial charge in [0.1, 0.15) is 0 Å². The maximum absolute atomic E-state index is 2.46. The Morgan fingerprint density at radius 3 is 1.90 bits per heavy atom. The molecule has 0 saturated carbocycles. The smallest absolute Gasteiger partial charge is 0.00730 e. The lowest BCUT2D eigenvalue weighted by Crippen LogP contribution is -1.94. The summed E-state index contributed by atoms with van der Waals surface area (Å²) in [6.45, 7) is 2.30. The topological polar surface area (TPSA) is 0 Å². The number of benzene rings is 4. The molecule has 0 unspecified atom stereocenters. The Balaban J connectivity index is 1.78. The van der Waals surface area contributed by atoms with Crippen LogP contribution in [0, 0.1) is 0 Å². The van der Waals surface area contributed by atoms with Gasteiger partial charge in [0.05, 0.1) is 0 Å². The Morgan fingerprint density at radius 2 is 1.30 bits per heavy atom. The standard InChI is InChI=1S/C30H28/c1-2-3-12-26-21-29(28-20-25-18-11-10-17-24(25)19-27(26)28)30(22-13-6-4-7-14-22)23-15-8-5-9-16-23/h4-11,13-20,26H,2-3,12,21H2,1H3/t26-/m1/s1. The molecule has 4 aromatic rings. The monoisotopic (exact) mass is 388 g/mol. The summed E-state index contributed by atoms with van der Waals surface area (Å²) in [4.78, 5) is 0. The highest BCUT2D eigenvalue weighted by molar-refractivity contribution is 6.03. The molecule has 1 aliphatic rings. The van der Waals surface area contributed by atoms with Crippen molar-refractivity contribution in [3.05, 3.63) is 119 Å². The molecule has 5 rings (SSSR count). The molecule has 0 heteroatoms. The molecular weight excluding hydrogens is 360 g/mol. The van der Waals surface area contributed by atoms with E-state index in [1.165, 1.54) is 57.9 Å². The van der Waals surface area contributed by atoms with Crippen molar-refractivity contribution in [1.29, 1.82) is 0 Å². The minimum Gasteiger partial charge on any atom is -0.0654 e. The molecule has 30 heavy (non-hydrogen) atoms. The molecule has 0 nitrogen and oxygen atoms in total. The normalized spacial score (nSPS) is 15.4. The molecule has 0 aliphatic heterocycles. The Bertz CT molecular complexity index is 1140. The van der Waals surface area contributed by atoms with Gasteiger partial charge in [0.2, 0.25) is 0 Å². The van der Waals surface area contributed by atoms with E-state index >= 15 is 0 Å². The van der Waals surface area contributed by atoms with Crippen LogP contribution in [0.1, 0.15) is 60.8 Å². The predicted octanol–water partition coefficient (Wildman–Crippen LogP) is 8.48. The zero-order valence-corrected chi connectivity index (χ0v) is 17.6. The minimum atomic E-state index is 0.613. The predicted molar refractivity (Wildman–Crippen MR) is 130 cm³/mol. The number of fused-ring (bicyclic) bond motifs is 2. The average Bonchev–Trinajstić information content (AvgIpc) is 3.15. The van der Waals surface area contributed by atoms with Crippen molar-refractivity contribution in [2.24, 2.45) is 0 Å². The van der Waals surface area contributed by atoms with E-state index in [0.29, 0.717) is 5.92 Å². The van der Waals surface area contributed by atoms with E-state index in [4.69, 9.17) is 0 Å². The Labute approximate surface area is 179 Å². The third-order valence-electron chi connectivity index (χ3n) is 6.47. The van der Waals surface area contributed by atoms with Gasteiger partial charge in [-0.05, 0) is 69.0 Å². The van der Waals surface area contributed by atoms with Crippen molar-refractivity contribution in [3.63, 3.8) is 0 Å². The van der Waals surface area contributed by atoms with Crippen molar-refractivity contribution in [3.8, 4) is 0 Å². The number of hydrogen-bond acceptors (Lipinski definition) is 0. The van der Waals surface area contributed by atoms with Gasteiger partial charge in [-0.15, -0.1) is 0 Å². The van der Waals surface area contributed by atoms with E-state index in [1.807, 2.05) is 0 Å². The zero-order valence-electron chi connectivity index (χ0n) is 17.6. The first-order chi connectivity index (χ1) is 14.8. The maximum Gasteiger partial charge on any atom is -0.00730 e. The molecule has 0 radical (unpaired) electrons. The lowest BCUT2D eigenvalue weighted by molar-refractivity contribution is 0.609. The number of hydrogen-bond donors (Lipinski definition) is 0. The molecule has 148 valence electrons. The summed E-state index contributed by atoms with van der Waals surface area (Å²) < 4.78 is 0. The summed E-state index contributed by atoms with van der Waals surface area (Å²) in [5.74, 6) is 0.613. The second-order valence-corrected chi connectivity index (χ2v) is 8.42. The molecule has 0 spiro atoms. The third-order valence-corrected chi connectivity index (χ3v) is 6.47. The van der Waals surface area contributed by atoms with Crippen molar-refractivity contribution in [2.45, 2.75) is 38.5 Å². The highest BCUT2D eigenvalue weighted by Gasteiger charge is 2.29. The second-order valence-electron chi connectivity index (χ2n) is 8.42. The van der Waals surface area contributed by atoms with Crippen molar-refractivity contribution >= 4 is 21.9 Å². The van der Waals surface area contributed by atoms with E-state index in [-0.39, 0.29) is 0 Å². The second kappa shape index (κ2) is 8.32. The van der Waals surface area contributed by atoms with Crippen molar-refractivity contribution in [1.82, 2.24) is 0 Å². The fourth-order valence-corrected chi connectivity index (χ4v) is 4.99. The fourth-order valence-electron chi connectivity index (χ4n) is 4.99. The number of allylic oxidation sites excluding steroid dienone is 1. The molecule has 1 atom stereocenters. The van der Waals surface area contributed by atoms with Crippen molar-refractivity contribution in [2.75, 3.05) is 0 Å². The average molecular weight is 389 g/mol. The molecule has 0 bridgehead atoms. The molecule has 0 aromatic heterocycles. The van der Waals surface area contributed by atoms with Crippen LogP contribution in [-0.2, 0) is 0 Å². The lowest BCUT2D eigenvalue weighted by Gasteiger charge is -2.14. The number of rotatable bonds is 5. The van der Waals surface area contributed by atoms with Crippen LogP contribution in [0.3, 0.4) is 0 Å². The summed E-state index contributed by atoms with van der Waals surface area (Å²) in [6, 6.07) is 35.6. The Hall–Kier alpha value is -3.12. The van der Waals surface area contributed by atoms with Crippen LogP contribution in [0.2, 0.25) is 0 Å². The lowest BCUT2D eigenvalue weighted by atomic mass is 9.89. The first kappa shape index (κ1) is 18.9. The van der Waals surface area contributed by atoms with Gasteiger partial charge in [-0.3, -0.25) is 0 Å². The van der Waals surface area contributed by atoms with E-state index in [9.17, 15) is 0 Å². The first-order valence-electron chi connectivity index (χ1n) is 11.2. The summed E-state index contributed by atoms with van der Waals surface area (Å²) in [5.41, 5.74) is 8.53. The van der Waals surface area contributed by atoms with E-state index in [0.717, 1.165) is 6.42 Å². The van der Waals surface area contributed by atoms with Gasteiger partial charge in [-0.25, -0.2) is 0 Å². The zero-order chi connectivity index (χ0) is 20.3. The molecule has 4 aromatic carbocycles. The van der Waals surface area contributed by atoms with Crippen molar-refractivity contribution < 1.29 is 0 Å². The van der Waals surface area contributed by atoms with Crippen LogP contribution in [0.5, 0.6) is 0 Å². The van der Waals surface area contributed by atoms with E-state index in [2.05, 4.69) is 104 Å². The summed E-state index contributed by atoms with van der Waals surface area (Å²) in [6.07, 6.45) is 4.94. The molecule has 0 N–H and O–H groups in total. The van der Waals surface area contributed by atoms with Crippen LogP contribution in [0.4, 0.5) is 0 Å². The fraction of sp³-hybridized carbons (Fsp3) is 0.200.